The number of ether oxygens (including phenoxy) is 1. The third kappa shape index (κ3) is 1.96. The molecule has 1 aromatic rings. The smallest absolute Gasteiger partial charge is 0.488 e. The highest BCUT2D eigenvalue weighted by Gasteiger charge is 2.09. The number of benzene rings is 1. The van der Waals surface area contributed by atoms with Gasteiger partial charge < -0.3 is 14.8 Å². The molecule has 0 aliphatic heterocycles. The summed E-state index contributed by atoms with van der Waals surface area (Å²) in [6.07, 6.45) is 0. The highest BCUT2D eigenvalue weighted by Crippen LogP contribution is 2.05. The van der Waals surface area contributed by atoms with Gasteiger partial charge in [-0.25, -0.2) is 0 Å². The summed E-state index contributed by atoms with van der Waals surface area (Å²) in [4.78, 5) is 0. The normalized spacial score (nSPS) is 14.5. The Labute approximate surface area is 69.6 Å². The average molecular weight is 155 g/mol. The van der Waals surface area contributed by atoms with Crippen molar-refractivity contribution in [2.45, 2.75) is 0 Å². The van der Waals surface area contributed by atoms with Crippen molar-refractivity contribution in [1.82, 2.24) is 0 Å². The van der Waals surface area contributed by atoms with Gasteiger partial charge in [-0.2, -0.15) is 0 Å². The summed E-state index contributed by atoms with van der Waals surface area (Å²) < 4.78 is 25.0. The van der Waals surface area contributed by atoms with Crippen molar-refractivity contribution in [3.8, 4) is 5.75 Å². The first-order valence-electron chi connectivity index (χ1n) is 4.53. The molecular weight excluding hydrogens is 143 g/mol. The molecule has 0 aliphatic carbocycles. The molecule has 0 amide bonds. The summed E-state index contributed by atoms with van der Waals surface area (Å²) in [6.45, 7) is 0. The van der Waals surface area contributed by atoms with Crippen LogP contribution in [0.5, 0.6) is 5.75 Å². The van der Waals surface area contributed by atoms with Gasteiger partial charge in [0.2, 0.25) is 0 Å². The lowest BCUT2D eigenvalue weighted by Crippen LogP contribution is -2.29. The highest BCUT2D eigenvalue weighted by molar-refractivity contribution is 6.58. The Morgan fingerprint density at radius 2 is 2.00 bits per heavy atom. The molecule has 0 heterocycles. The van der Waals surface area contributed by atoms with Crippen LogP contribution >= 0.6 is 0 Å². The van der Waals surface area contributed by atoms with Crippen LogP contribution in [0, 0.1) is 0 Å². The van der Waals surface area contributed by atoms with E-state index in [-0.39, 0.29) is 11.2 Å². The van der Waals surface area contributed by atoms with Crippen LogP contribution < -0.4 is 10.2 Å². The molecule has 4 heteroatoms. The van der Waals surface area contributed by atoms with Crippen LogP contribution in [0.25, 0.3) is 0 Å². The van der Waals surface area contributed by atoms with Gasteiger partial charge in [0, 0.05) is 0 Å². The fourth-order valence-electron chi connectivity index (χ4n) is 0.708. The van der Waals surface area contributed by atoms with Gasteiger partial charge in [-0.15, -0.1) is 0 Å². The Balaban J connectivity index is 2.74. The zero-order chi connectivity index (χ0) is 10.8. The molecule has 0 radical (unpaired) electrons. The van der Waals surface area contributed by atoms with E-state index in [1.54, 1.807) is 0 Å². The predicted octanol–water partition coefficient (Wildman–Crippen LogP) is -0.625. The van der Waals surface area contributed by atoms with Gasteiger partial charge in [-0.05, 0) is 17.6 Å². The lowest BCUT2D eigenvalue weighted by atomic mass is 9.80. The standard InChI is InChI=1S/C7H9BO3/c1-11-7-4-2-6(3-5-7)8(9)10/h2-5,9-10H,1H3/i1D3. The van der Waals surface area contributed by atoms with Gasteiger partial charge in [0.05, 0.1) is 11.2 Å². The molecule has 58 valence electrons. The van der Waals surface area contributed by atoms with Crippen molar-refractivity contribution in [3.63, 3.8) is 0 Å². The van der Waals surface area contributed by atoms with E-state index in [0.29, 0.717) is 0 Å². The van der Waals surface area contributed by atoms with Gasteiger partial charge in [-0.1, -0.05) is 12.1 Å². The molecule has 0 aliphatic rings. The van der Waals surface area contributed by atoms with Crippen molar-refractivity contribution in [2.75, 3.05) is 7.04 Å². The Bertz CT molecular complexity index is 296. The Hall–Kier alpha value is -0.995. The molecule has 1 aromatic carbocycles. The Kier molecular flexibility index (Phi) is 1.49. The molecular formula is C7H9BO3. The summed E-state index contributed by atoms with van der Waals surface area (Å²) in [5, 5.41) is 17.5. The maximum atomic E-state index is 8.75. The maximum Gasteiger partial charge on any atom is 0.488 e. The summed E-state index contributed by atoms with van der Waals surface area (Å²) in [6, 6.07) is 5.49. The van der Waals surface area contributed by atoms with Crippen LogP contribution in [0.15, 0.2) is 24.3 Å². The van der Waals surface area contributed by atoms with E-state index in [1.165, 1.54) is 24.3 Å². The molecule has 1 rings (SSSR count). The lowest BCUT2D eigenvalue weighted by Gasteiger charge is -2.00. The van der Waals surface area contributed by atoms with Crippen LogP contribution in [-0.4, -0.2) is 24.2 Å². The molecule has 0 bridgehead atoms. The minimum atomic E-state index is -2.49. The summed E-state index contributed by atoms with van der Waals surface area (Å²) in [5.41, 5.74) is 0.280. The molecule has 3 nitrogen and oxygen atoms in total. The van der Waals surface area contributed by atoms with Crippen LogP contribution in [0.4, 0.5) is 0 Å². The largest absolute Gasteiger partial charge is 0.497 e. The fraction of sp³-hybridized carbons (Fsp3) is 0.143. The zero-order valence-electron chi connectivity index (χ0n) is 8.69. The van der Waals surface area contributed by atoms with E-state index >= 15 is 0 Å². The first-order valence-corrected chi connectivity index (χ1v) is 3.03. The highest BCUT2D eigenvalue weighted by atomic mass is 16.5. The van der Waals surface area contributed by atoms with Crippen LogP contribution in [0.1, 0.15) is 4.11 Å². The zero-order valence-corrected chi connectivity index (χ0v) is 5.69. The number of rotatable bonds is 2. The van der Waals surface area contributed by atoms with Gasteiger partial charge in [0.25, 0.3) is 0 Å². The molecule has 11 heavy (non-hydrogen) atoms. The minimum absolute atomic E-state index is 0.161. The second-order valence-electron chi connectivity index (χ2n) is 2.04. The SMILES string of the molecule is [2H]C([2H])([2H])Oc1ccc(B(O)O)cc1. The monoisotopic (exact) mass is 155 g/mol. The maximum absolute atomic E-state index is 8.75. The van der Waals surface area contributed by atoms with Crippen molar-refractivity contribution in [3.05, 3.63) is 24.3 Å². The van der Waals surface area contributed by atoms with Crippen LogP contribution in [-0.2, 0) is 0 Å². The van der Waals surface area contributed by atoms with Crippen molar-refractivity contribution in [2.24, 2.45) is 0 Å². The Morgan fingerprint density at radius 3 is 2.45 bits per heavy atom. The van der Waals surface area contributed by atoms with Gasteiger partial charge in [0.15, 0.2) is 0 Å². The fourth-order valence-corrected chi connectivity index (χ4v) is 0.708. The average Bonchev–Trinajstić information content (AvgIpc) is 2.02. The van der Waals surface area contributed by atoms with Gasteiger partial charge in [0.1, 0.15) is 5.75 Å². The van der Waals surface area contributed by atoms with E-state index in [0.717, 1.165) is 0 Å². The van der Waals surface area contributed by atoms with E-state index < -0.39 is 14.2 Å². The topological polar surface area (TPSA) is 49.7 Å². The number of methoxy groups -OCH3 is 1. The van der Waals surface area contributed by atoms with Crippen LogP contribution in [0.3, 0.4) is 0 Å². The number of hydrogen-bond donors (Lipinski definition) is 2. The summed E-state index contributed by atoms with van der Waals surface area (Å²) in [7, 11) is -4.05. The molecule has 0 saturated carbocycles. The molecule has 2 N–H and O–H groups in total. The van der Waals surface area contributed by atoms with E-state index in [2.05, 4.69) is 4.74 Å². The molecule has 0 atom stereocenters. The summed E-state index contributed by atoms with van der Waals surface area (Å²) >= 11 is 0. The van der Waals surface area contributed by atoms with Crippen molar-refractivity contribution >= 4 is 12.6 Å². The second kappa shape index (κ2) is 3.41. The van der Waals surface area contributed by atoms with E-state index in [1.807, 2.05) is 0 Å². The molecule has 0 spiro atoms. The third-order valence-corrected chi connectivity index (χ3v) is 1.30. The number of hydrogen-bond acceptors (Lipinski definition) is 3. The quantitative estimate of drug-likeness (QED) is 0.559. The lowest BCUT2D eigenvalue weighted by molar-refractivity contribution is 0.414. The Morgan fingerprint density at radius 1 is 1.36 bits per heavy atom. The van der Waals surface area contributed by atoms with Gasteiger partial charge >= 0.3 is 7.12 Å². The molecule has 0 aromatic heterocycles. The third-order valence-electron chi connectivity index (χ3n) is 1.30. The molecule has 0 unspecified atom stereocenters. The first-order chi connectivity index (χ1) is 6.38. The van der Waals surface area contributed by atoms with Gasteiger partial charge in [-0.3, -0.25) is 0 Å². The minimum Gasteiger partial charge on any atom is -0.497 e. The second-order valence-corrected chi connectivity index (χ2v) is 2.04. The van der Waals surface area contributed by atoms with E-state index in [9.17, 15) is 0 Å². The van der Waals surface area contributed by atoms with Crippen molar-refractivity contribution < 1.29 is 18.9 Å². The first kappa shape index (κ1) is 4.80. The van der Waals surface area contributed by atoms with Crippen molar-refractivity contribution in [1.29, 1.82) is 0 Å². The predicted molar refractivity (Wildman–Crippen MR) is 42.8 cm³/mol. The summed E-state index contributed by atoms with van der Waals surface area (Å²) in [5.74, 6) is 0.161. The molecule has 0 fully saturated rings. The van der Waals surface area contributed by atoms with Crippen LogP contribution in [0.2, 0.25) is 0 Å². The molecule has 0 saturated heterocycles. The van der Waals surface area contributed by atoms with E-state index in [4.69, 9.17) is 14.2 Å².